The van der Waals surface area contributed by atoms with Gasteiger partial charge in [-0.25, -0.2) is 0 Å². The van der Waals surface area contributed by atoms with Crippen LogP contribution in [0.5, 0.6) is 0 Å². The second kappa shape index (κ2) is 5.36. The number of nitro benzene ring substituents is 1. The number of ketones is 1. The quantitative estimate of drug-likeness (QED) is 0.475. The molecule has 0 aliphatic carbocycles. The number of hydrogen-bond acceptors (Lipinski definition) is 4. The number of carbonyl (C=O) groups excluding carboxylic acids is 1. The van der Waals surface area contributed by atoms with E-state index in [1.165, 1.54) is 18.2 Å². The summed E-state index contributed by atoms with van der Waals surface area (Å²) in [5.41, 5.74) is 7.30. The highest BCUT2D eigenvalue weighted by Crippen LogP contribution is 2.18. The maximum absolute atomic E-state index is 11.3. The molecule has 2 N–H and O–H groups in total. The van der Waals surface area contributed by atoms with Gasteiger partial charge in [0.2, 0.25) is 0 Å². The van der Waals surface area contributed by atoms with Crippen LogP contribution >= 0.6 is 0 Å². The lowest BCUT2D eigenvalue weighted by Crippen LogP contribution is -2.31. The van der Waals surface area contributed by atoms with Gasteiger partial charge >= 0.3 is 0 Å². The first-order valence-electron chi connectivity index (χ1n) is 5.11. The molecule has 17 heavy (non-hydrogen) atoms. The molecule has 0 saturated heterocycles. The third kappa shape index (κ3) is 3.22. The monoisotopic (exact) mass is 234 g/mol. The zero-order chi connectivity index (χ0) is 13.0. The fraction of sp³-hybridized carbons (Fsp3) is 0.250. The average Bonchev–Trinajstić information content (AvgIpc) is 2.30. The second-order valence-corrected chi connectivity index (χ2v) is 3.79. The van der Waals surface area contributed by atoms with Gasteiger partial charge in [0.1, 0.15) is 0 Å². The molecule has 0 bridgehead atoms. The van der Waals surface area contributed by atoms with Crippen LogP contribution < -0.4 is 5.73 Å². The van der Waals surface area contributed by atoms with Crippen LogP contribution in [0, 0.1) is 17.0 Å². The van der Waals surface area contributed by atoms with Crippen molar-refractivity contribution >= 4 is 11.5 Å². The second-order valence-electron chi connectivity index (χ2n) is 3.79. The number of benzene rings is 1. The van der Waals surface area contributed by atoms with Crippen molar-refractivity contribution in [3.8, 4) is 0 Å². The lowest BCUT2D eigenvalue weighted by atomic mass is 9.99. The normalized spacial score (nSPS) is 11.9. The molecule has 0 heterocycles. The largest absolute Gasteiger partial charge is 0.321 e. The van der Waals surface area contributed by atoms with E-state index in [-0.39, 0.29) is 11.5 Å². The highest BCUT2D eigenvalue weighted by Gasteiger charge is 2.14. The van der Waals surface area contributed by atoms with E-state index in [2.05, 4.69) is 6.58 Å². The smallest absolute Gasteiger partial charge is 0.269 e. The van der Waals surface area contributed by atoms with E-state index in [1.54, 1.807) is 13.0 Å². The predicted molar refractivity (Wildman–Crippen MR) is 64.7 cm³/mol. The molecule has 0 aliphatic heterocycles. The lowest BCUT2D eigenvalue weighted by molar-refractivity contribution is -0.384. The van der Waals surface area contributed by atoms with Crippen LogP contribution in [0.1, 0.15) is 11.1 Å². The summed E-state index contributed by atoms with van der Waals surface area (Å²) in [6.45, 7) is 5.12. The Balaban J connectivity index is 2.90. The summed E-state index contributed by atoms with van der Waals surface area (Å²) >= 11 is 0. The molecule has 0 amide bonds. The van der Waals surface area contributed by atoms with Gasteiger partial charge in [-0.3, -0.25) is 14.9 Å². The van der Waals surface area contributed by atoms with Crippen LogP contribution in [0.25, 0.3) is 0 Å². The predicted octanol–water partition coefficient (Wildman–Crippen LogP) is 1.53. The molecule has 5 nitrogen and oxygen atoms in total. The van der Waals surface area contributed by atoms with Crippen LogP contribution in [0.2, 0.25) is 0 Å². The highest BCUT2D eigenvalue weighted by molar-refractivity contribution is 5.93. The Hall–Kier alpha value is -2.01. The van der Waals surface area contributed by atoms with Gasteiger partial charge in [-0.15, -0.1) is 0 Å². The van der Waals surface area contributed by atoms with Crippen LogP contribution in [0.15, 0.2) is 30.9 Å². The topological polar surface area (TPSA) is 86.2 Å². The van der Waals surface area contributed by atoms with Crippen molar-refractivity contribution in [3.05, 3.63) is 52.1 Å². The Morgan fingerprint density at radius 2 is 2.29 bits per heavy atom. The van der Waals surface area contributed by atoms with Crippen molar-refractivity contribution in [3.63, 3.8) is 0 Å². The molecule has 0 aromatic heterocycles. The average molecular weight is 234 g/mol. The van der Waals surface area contributed by atoms with Crippen LogP contribution in [-0.2, 0) is 11.2 Å². The number of non-ortho nitro benzene ring substituents is 1. The number of nitrogens with two attached hydrogens (primary N) is 1. The van der Waals surface area contributed by atoms with Crippen molar-refractivity contribution in [2.75, 3.05) is 0 Å². The van der Waals surface area contributed by atoms with Gasteiger partial charge in [0.15, 0.2) is 5.78 Å². The van der Waals surface area contributed by atoms with E-state index in [0.717, 1.165) is 11.1 Å². The van der Waals surface area contributed by atoms with E-state index < -0.39 is 11.0 Å². The Morgan fingerprint density at radius 3 is 2.76 bits per heavy atom. The molecule has 1 atom stereocenters. The summed E-state index contributed by atoms with van der Waals surface area (Å²) in [6, 6.07) is 3.87. The Kier molecular flexibility index (Phi) is 4.12. The SMILES string of the molecule is C=CC(=O)C(N)Cc1ccc([N+](=O)[O-])cc1C. The third-order valence-corrected chi connectivity index (χ3v) is 2.54. The lowest BCUT2D eigenvalue weighted by Gasteiger charge is -2.10. The molecule has 0 aliphatic rings. The molecule has 0 spiro atoms. The van der Waals surface area contributed by atoms with E-state index in [0.29, 0.717) is 6.42 Å². The van der Waals surface area contributed by atoms with E-state index in [1.807, 2.05) is 0 Å². The summed E-state index contributed by atoms with van der Waals surface area (Å²) in [6.07, 6.45) is 1.54. The van der Waals surface area contributed by atoms with Crippen LogP contribution in [0.3, 0.4) is 0 Å². The van der Waals surface area contributed by atoms with Crippen LogP contribution in [0.4, 0.5) is 5.69 Å². The van der Waals surface area contributed by atoms with Gasteiger partial charge < -0.3 is 5.73 Å². The molecule has 0 radical (unpaired) electrons. The first kappa shape index (κ1) is 13.1. The Bertz CT molecular complexity index is 469. The Labute approximate surface area is 99.1 Å². The number of nitrogens with zero attached hydrogens (tertiary/aromatic N) is 1. The maximum atomic E-state index is 11.3. The molecule has 0 saturated carbocycles. The molecule has 0 fully saturated rings. The van der Waals surface area contributed by atoms with E-state index in [4.69, 9.17) is 5.73 Å². The first-order valence-corrected chi connectivity index (χ1v) is 5.11. The molecule has 1 unspecified atom stereocenters. The van der Waals surface area contributed by atoms with Gasteiger partial charge in [-0.05, 0) is 30.5 Å². The summed E-state index contributed by atoms with van der Waals surface area (Å²) < 4.78 is 0. The van der Waals surface area contributed by atoms with Gasteiger partial charge in [0.05, 0.1) is 11.0 Å². The number of nitro groups is 1. The fourth-order valence-corrected chi connectivity index (χ4v) is 1.51. The number of aryl methyl sites for hydroxylation is 1. The standard InChI is InChI=1S/C12H14N2O3/c1-3-12(15)11(13)7-9-4-5-10(14(16)17)6-8(9)2/h3-6,11H,1,7,13H2,2H3. The number of rotatable bonds is 5. The number of hydrogen-bond donors (Lipinski definition) is 1. The molecule has 90 valence electrons. The van der Waals surface area contributed by atoms with Gasteiger partial charge in [-0.2, -0.15) is 0 Å². The zero-order valence-corrected chi connectivity index (χ0v) is 9.55. The summed E-state index contributed by atoms with van der Waals surface area (Å²) in [4.78, 5) is 21.4. The summed E-state index contributed by atoms with van der Waals surface area (Å²) in [5, 5.41) is 10.6. The minimum absolute atomic E-state index is 0.0369. The number of carbonyl (C=O) groups is 1. The van der Waals surface area contributed by atoms with E-state index >= 15 is 0 Å². The third-order valence-electron chi connectivity index (χ3n) is 2.54. The first-order chi connectivity index (χ1) is 7.95. The van der Waals surface area contributed by atoms with Crippen molar-refractivity contribution < 1.29 is 9.72 Å². The molecular formula is C12H14N2O3. The van der Waals surface area contributed by atoms with E-state index in [9.17, 15) is 14.9 Å². The zero-order valence-electron chi connectivity index (χ0n) is 9.55. The minimum Gasteiger partial charge on any atom is -0.321 e. The van der Waals surface area contributed by atoms with Crippen molar-refractivity contribution in [1.82, 2.24) is 0 Å². The van der Waals surface area contributed by atoms with Gasteiger partial charge in [0.25, 0.3) is 5.69 Å². The molecule has 1 rings (SSSR count). The fourth-order valence-electron chi connectivity index (χ4n) is 1.51. The van der Waals surface area contributed by atoms with Crippen molar-refractivity contribution in [2.24, 2.45) is 5.73 Å². The highest BCUT2D eigenvalue weighted by atomic mass is 16.6. The Morgan fingerprint density at radius 1 is 1.65 bits per heavy atom. The van der Waals surface area contributed by atoms with Crippen LogP contribution in [-0.4, -0.2) is 16.7 Å². The molecule has 5 heteroatoms. The van der Waals surface area contributed by atoms with Gasteiger partial charge in [0, 0.05) is 12.1 Å². The molecule has 1 aromatic rings. The van der Waals surface area contributed by atoms with Crippen molar-refractivity contribution in [2.45, 2.75) is 19.4 Å². The maximum Gasteiger partial charge on any atom is 0.269 e. The van der Waals surface area contributed by atoms with Gasteiger partial charge in [-0.1, -0.05) is 12.6 Å². The summed E-state index contributed by atoms with van der Waals surface area (Å²) in [7, 11) is 0. The minimum atomic E-state index is -0.646. The molecular weight excluding hydrogens is 220 g/mol. The summed E-state index contributed by atoms with van der Waals surface area (Å²) in [5.74, 6) is -0.234. The molecule has 1 aromatic carbocycles. The van der Waals surface area contributed by atoms with Crippen molar-refractivity contribution in [1.29, 1.82) is 0 Å².